The van der Waals surface area contributed by atoms with Gasteiger partial charge < -0.3 is 9.55 Å². The number of thiophene rings is 2. The van der Waals surface area contributed by atoms with E-state index in [1.54, 1.807) is 22.7 Å². The molecular weight excluding hydrogens is 723 g/mol. The fourth-order valence-electron chi connectivity index (χ4n) is 6.11. The molecule has 4 aromatic heterocycles. The van der Waals surface area contributed by atoms with Gasteiger partial charge in [0.05, 0.1) is 16.7 Å². The Morgan fingerprint density at radius 1 is 0.489 bits per heavy atom. The van der Waals surface area contributed by atoms with Crippen LogP contribution in [-0.2, 0) is 0 Å². The minimum Gasteiger partial charge on any atom is -0.355 e. The molecule has 0 atom stereocenters. The summed E-state index contributed by atoms with van der Waals surface area (Å²) in [5.41, 5.74) is 6.08. The average Bonchev–Trinajstić information content (AvgIpc) is 3.87. The van der Waals surface area contributed by atoms with Crippen molar-refractivity contribution in [2.45, 2.75) is 0 Å². The van der Waals surface area contributed by atoms with Crippen molar-refractivity contribution in [2.24, 2.45) is 0 Å². The summed E-state index contributed by atoms with van der Waals surface area (Å²) < 4.78 is 5.99. The first-order valence-electron chi connectivity index (χ1n) is 15.0. The van der Waals surface area contributed by atoms with Gasteiger partial charge in [-0.1, -0.05) is 96.0 Å². The number of para-hydroxylation sites is 4. The summed E-state index contributed by atoms with van der Waals surface area (Å²) in [6, 6.07) is 45.9. The normalized spacial score (nSPS) is 11.3. The zero-order valence-corrected chi connectivity index (χ0v) is 29.5. The third-order valence-electron chi connectivity index (χ3n) is 8.24. The molecule has 0 amide bonds. The van der Waals surface area contributed by atoms with Crippen molar-refractivity contribution in [3.63, 3.8) is 0 Å². The number of H-pyrrole nitrogens is 1. The van der Waals surface area contributed by atoms with Crippen molar-refractivity contribution in [3.05, 3.63) is 159 Å². The van der Waals surface area contributed by atoms with Gasteiger partial charge in [0.1, 0.15) is 0 Å². The molecule has 0 bridgehead atoms. The molecule has 0 aliphatic rings. The van der Waals surface area contributed by atoms with Gasteiger partial charge in [-0.05, 0) is 76.6 Å². The molecule has 0 unspecified atom stereocenters. The Morgan fingerprint density at radius 3 is 1.55 bits per heavy atom. The van der Waals surface area contributed by atoms with Crippen LogP contribution in [0.2, 0.25) is 10.0 Å². The van der Waals surface area contributed by atoms with Crippen LogP contribution in [0.15, 0.2) is 149 Å². The summed E-state index contributed by atoms with van der Waals surface area (Å²) >= 11 is 19.0. The van der Waals surface area contributed by atoms with Crippen LogP contribution in [0.1, 0.15) is 0 Å². The molecule has 1 N–H and O–H groups in total. The Hall–Kier alpha value is -4.10. The zero-order valence-electron chi connectivity index (χ0n) is 24.8. The smallest absolute Gasteiger partial charge is 0.0648 e. The number of rotatable bonds is 1. The van der Waals surface area contributed by atoms with Gasteiger partial charge in [-0.15, -0.1) is 22.7 Å². The van der Waals surface area contributed by atoms with Gasteiger partial charge in [0.2, 0.25) is 0 Å². The van der Waals surface area contributed by atoms with Gasteiger partial charge in [-0.2, -0.15) is 0 Å². The number of halogens is 3. The summed E-state index contributed by atoms with van der Waals surface area (Å²) in [6.45, 7) is 0. The van der Waals surface area contributed by atoms with Gasteiger partial charge in [-0.25, -0.2) is 0 Å². The summed E-state index contributed by atoms with van der Waals surface area (Å²) in [5.74, 6) is 0. The van der Waals surface area contributed by atoms with E-state index in [1.807, 2.05) is 24.3 Å². The molecule has 0 spiro atoms. The zero-order chi connectivity index (χ0) is 31.9. The van der Waals surface area contributed by atoms with E-state index in [4.69, 9.17) is 23.2 Å². The lowest BCUT2D eigenvalue weighted by atomic mass is 10.2. The fourth-order valence-corrected chi connectivity index (χ4v) is 8.90. The van der Waals surface area contributed by atoms with E-state index >= 15 is 0 Å². The third kappa shape index (κ3) is 5.73. The molecule has 47 heavy (non-hydrogen) atoms. The van der Waals surface area contributed by atoms with Gasteiger partial charge in [-0.3, -0.25) is 0 Å². The van der Waals surface area contributed by atoms with Crippen LogP contribution < -0.4 is 0 Å². The SMILES string of the molecule is Clc1ccc2scc(-n3c4ccccc4c4ccccc43)c2c1.Clc1ccc2scc(Br)c2c1.c1ccc2c(c1)[nH]c1ccccc12. The third-order valence-corrected chi connectivity index (χ3v) is 11.6. The maximum atomic E-state index is 6.24. The van der Waals surface area contributed by atoms with E-state index in [0.717, 1.165) is 14.5 Å². The number of fused-ring (bicyclic) bond motifs is 8. The Kier molecular flexibility index (Phi) is 8.26. The number of benzene rings is 6. The minimum absolute atomic E-state index is 0.776. The lowest BCUT2D eigenvalue weighted by Crippen LogP contribution is -1.91. The minimum atomic E-state index is 0.776. The first kappa shape index (κ1) is 30.2. The second-order valence-electron chi connectivity index (χ2n) is 11.1. The van der Waals surface area contributed by atoms with Crippen LogP contribution in [0, 0.1) is 0 Å². The second-order valence-corrected chi connectivity index (χ2v) is 14.6. The van der Waals surface area contributed by atoms with Crippen molar-refractivity contribution < 1.29 is 0 Å². The lowest BCUT2D eigenvalue weighted by molar-refractivity contribution is 1.21. The average molecular weight is 749 g/mol. The number of aromatic nitrogens is 2. The number of aromatic amines is 1. The summed E-state index contributed by atoms with van der Waals surface area (Å²) in [5, 5.41) is 13.4. The maximum absolute atomic E-state index is 6.24. The molecule has 0 aliphatic heterocycles. The van der Waals surface area contributed by atoms with Gasteiger partial charge in [0.15, 0.2) is 0 Å². The Balaban J connectivity index is 0.000000114. The Labute approximate surface area is 297 Å². The highest BCUT2D eigenvalue weighted by atomic mass is 79.9. The van der Waals surface area contributed by atoms with E-state index < -0.39 is 0 Å². The quantitative estimate of drug-likeness (QED) is 0.173. The number of nitrogens with zero attached hydrogens (tertiary/aromatic N) is 1. The standard InChI is InChI=1S/C20H12ClNS.C12H9N.C8H4BrClS/c21-13-9-10-20-16(11-13)19(12-23-20)22-17-7-3-1-5-14(17)15-6-2-4-8-18(15)22;1-3-7-11-9(5-1)10-6-2-4-8-12(10)13-11;9-7-4-11-8-2-1-5(10)3-6(7)8/h1-12H;1-8,13H;1-4H. The summed E-state index contributed by atoms with van der Waals surface area (Å²) in [7, 11) is 0. The van der Waals surface area contributed by atoms with Crippen LogP contribution in [0.4, 0.5) is 0 Å². The molecule has 0 saturated heterocycles. The maximum Gasteiger partial charge on any atom is 0.0648 e. The van der Waals surface area contributed by atoms with Crippen molar-refractivity contribution in [1.82, 2.24) is 9.55 Å². The van der Waals surface area contributed by atoms with E-state index in [0.29, 0.717) is 0 Å². The topological polar surface area (TPSA) is 20.7 Å². The largest absolute Gasteiger partial charge is 0.355 e. The molecule has 0 fully saturated rings. The highest BCUT2D eigenvalue weighted by molar-refractivity contribution is 9.10. The van der Waals surface area contributed by atoms with E-state index in [1.165, 1.54) is 69.5 Å². The van der Waals surface area contributed by atoms with Crippen LogP contribution in [0.25, 0.3) is 69.5 Å². The second kappa shape index (κ2) is 12.8. The van der Waals surface area contributed by atoms with Crippen molar-refractivity contribution in [3.8, 4) is 5.69 Å². The summed E-state index contributed by atoms with van der Waals surface area (Å²) in [6.07, 6.45) is 0. The molecule has 10 rings (SSSR count). The Bertz CT molecular complexity index is 2600. The molecule has 0 saturated carbocycles. The predicted molar refractivity (Wildman–Crippen MR) is 212 cm³/mol. The first-order valence-corrected chi connectivity index (χ1v) is 18.3. The molecule has 7 heteroatoms. The van der Waals surface area contributed by atoms with Gasteiger partial charge >= 0.3 is 0 Å². The van der Waals surface area contributed by atoms with Crippen molar-refractivity contribution in [2.75, 3.05) is 0 Å². The van der Waals surface area contributed by atoms with E-state index in [2.05, 4.69) is 145 Å². The lowest BCUT2D eigenvalue weighted by Gasteiger charge is -2.06. The van der Waals surface area contributed by atoms with Gasteiger partial charge in [0.25, 0.3) is 0 Å². The van der Waals surface area contributed by atoms with Crippen LogP contribution in [0.3, 0.4) is 0 Å². The molecule has 4 heterocycles. The first-order chi connectivity index (χ1) is 23.0. The molecule has 6 aromatic carbocycles. The highest BCUT2D eigenvalue weighted by Gasteiger charge is 2.14. The molecule has 228 valence electrons. The van der Waals surface area contributed by atoms with E-state index in [-0.39, 0.29) is 0 Å². The molecule has 2 nitrogen and oxygen atoms in total. The fraction of sp³-hybridized carbons (Fsp3) is 0. The monoisotopic (exact) mass is 746 g/mol. The molecule has 0 aliphatic carbocycles. The molecule has 10 aromatic rings. The van der Waals surface area contributed by atoms with Crippen LogP contribution >= 0.6 is 61.8 Å². The molecule has 0 radical (unpaired) electrons. The number of nitrogens with one attached hydrogen (secondary N) is 1. The van der Waals surface area contributed by atoms with Crippen molar-refractivity contribution >= 4 is 126 Å². The predicted octanol–water partition coefficient (Wildman–Crippen LogP) is 14.3. The highest BCUT2D eigenvalue weighted by Crippen LogP contribution is 2.38. The van der Waals surface area contributed by atoms with Gasteiger partial charge in [0, 0.05) is 78.0 Å². The number of hydrogen-bond donors (Lipinski definition) is 1. The van der Waals surface area contributed by atoms with Crippen molar-refractivity contribution in [1.29, 1.82) is 0 Å². The van der Waals surface area contributed by atoms with Crippen LogP contribution in [0.5, 0.6) is 0 Å². The number of hydrogen-bond acceptors (Lipinski definition) is 2. The Morgan fingerprint density at radius 2 is 0.957 bits per heavy atom. The van der Waals surface area contributed by atoms with Crippen LogP contribution in [-0.4, -0.2) is 9.55 Å². The summed E-state index contributed by atoms with van der Waals surface area (Å²) in [4.78, 5) is 3.38. The van der Waals surface area contributed by atoms with E-state index in [9.17, 15) is 0 Å². The molecular formula is C40H25BrCl2N2S2.